The molecular weight excluding hydrogens is 481 g/mol. The number of alkyl halides is 3. The number of ether oxygens (including phenoxy) is 4. The molecule has 184 valence electrons. The number of benzene rings is 3. The molecule has 0 saturated carbocycles. The SMILES string of the molecule is C=CC(=O)Oc1ccc(-c2ccc3c(oc4c(OC)c(OC(=O)C=C)ccc43)c2OC(F)(F)F)cc1. The standard InChI is InChI=1S/C26H17F3O7/c1-4-20(30)33-15-8-6-14(7-9-15)16-10-11-17-18-12-13-19(34-21(31)5-2)25(32-3)23(18)35-22(17)24(16)36-26(27,28)29/h4-13H,1-2H2,3H3. The second-order valence-corrected chi connectivity index (χ2v) is 7.22. The van der Waals surface area contributed by atoms with Gasteiger partial charge in [0, 0.05) is 28.5 Å². The molecule has 0 bridgehead atoms. The summed E-state index contributed by atoms with van der Waals surface area (Å²) in [4.78, 5) is 23.1. The van der Waals surface area contributed by atoms with E-state index in [0.717, 1.165) is 12.2 Å². The largest absolute Gasteiger partial charge is 0.573 e. The van der Waals surface area contributed by atoms with Gasteiger partial charge in [0.2, 0.25) is 5.75 Å². The Labute approximate surface area is 201 Å². The predicted octanol–water partition coefficient (Wildman–Crippen LogP) is 6.34. The van der Waals surface area contributed by atoms with Gasteiger partial charge >= 0.3 is 18.3 Å². The molecule has 0 radical (unpaired) electrons. The van der Waals surface area contributed by atoms with Crippen LogP contribution in [0.5, 0.6) is 23.0 Å². The Morgan fingerprint density at radius 1 is 0.833 bits per heavy atom. The van der Waals surface area contributed by atoms with E-state index in [4.69, 9.17) is 18.6 Å². The highest BCUT2D eigenvalue weighted by molar-refractivity contribution is 6.11. The Kier molecular flexibility index (Phi) is 6.43. The first-order valence-electron chi connectivity index (χ1n) is 10.3. The number of fused-ring (bicyclic) bond motifs is 3. The molecule has 1 aromatic heterocycles. The summed E-state index contributed by atoms with van der Waals surface area (Å²) >= 11 is 0. The quantitative estimate of drug-likeness (QED) is 0.167. The lowest BCUT2D eigenvalue weighted by molar-refractivity contribution is -0.274. The van der Waals surface area contributed by atoms with Gasteiger partial charge in [0.05, 0.1) is 7.11 Å². The van der Waals surface area contributed by atoms with E-state index in [1.54, 1.807) is 6.07 Å². The average molecular weight is 498 g/mol. The zero-order valence-electron chi connectivity index (χ0n) is 18.7. The molecule has 4 aromatic rings. The van der Waals surface area contributed by atoms with Gasteiger partial charge in [0.25, 0.3) is 0 Å². The molecule has 0 fully saturated rings. The van der Waals surface area contributed by atoms with Gasteiger partial charge in [0.1, 0.15) is 5.75 Å². The van der Waals surface area contributed by atoms with E-state index >= 15 is 0 Å². The van der Waals surface area contributed by atoms with Gasteiger partial charge in [-0.25, -0.2) is 9.59 Å². The van der Waals surface area contributed by atoms with Gasteiger partial charge in [-0.2, -0.15) is 0 Å². The minimum atomic E-state index is -5.03. The summed E-state index contributed by atoms with van der Waals surface area (Å²) in [7, 11) is 1.30. The molecule has 0 atom stereocenters. The number of hydrogen-bond acceptors (Lipinski definition) is 7. The van der Waals surface area contributed by atoms with Gasteiger partial charge < -0.3 is 23.4 Å². The zero-order valence-corrected chi connectivity index (χ0v) is 18.7. The number of rotatable bonds is 7. The number of furan rings is 1. The van der Waals surface area contributed by atoms with Crippen molar-refractivity contribution in [2.24, 2.45) is 0 Å². The minimum Gasteiger partial charge on any atom is -0.490 e. The summed E-state index contributed by atoms with van der Waals surface area (Å²) in [6.07, 6.45) is -3.10. The number of methoxy groups -OCH3 is 1. The van der Waals surface area contributed by atoms with E-state index in [1.165, 1.54) is 49.6 Å². The van der Waals surface area contributed by atoms with E-state index in [0.29, 0.717) is 16.3 Å². The van der Waals surface area contributed by atoms with Crippen LogP contribution in [0.3, 0.4) is 0 Å². The van der Waals surface area contributed by atoms with Crippen LogP contribution in [0, 0.1) is 0 Å². The van der Waals surface area contributed by atoms with Gasteiger partial charge in [-0.1, -0.05) is 25.3 Å². The number of hydrogen-bond donors (Lipinski definition) is 0. The van der Waals surface area contributed by atoms with Crippen LogP contribution < -0.4 is 18.9 Å². The fraction of sp³-hybridized carbons (Fsp3) is 0.0769. The molecule has 0 aliphatic heterocycles. The molecule has 0 N–H and O–H groups in total. The van der Waals surface area contributed by atoms with Gasteiger partial charge in [-0.05, 0) is 42.0 Å². The van der Waals surface area contributed by atoms with E-state index in [9.17, 15) is 22.8 Å². The van der Waals surface area contributed by atoms with Crippen LogP contribution in [0.2, 0.25) is 0 Å². The number of carbonyl (C=O) groups excluding carboxylic acids is 2. The molecule has 0 aliphatic rings. The van der Waals surface area contributed by atoms with E-state index in [1.807, 2.05) is 0 Å². The van der Waals surface area contributed by atoms with Crippen molar-refractivity contribution >= 4 is 33.9 Å². The molecule has 0 amide bonds. The third kappa shape index (κ3) is 4.74. The zero-order chi connectivity index (χ0) is 26.0. The fourth-order valence-corrected chi connectivity index (χ4v) is 3.56. The lowest BCUT2D eigenvalue weighted by Gasteiger charge is -2.14. The Balaban J connectivity index is 1.91. The van der Waals surface area contributed by atoms with Crippen molar-refractivity contribution in [3.05, 3.63) is 73.8 Å². The Morgan fingerprint density at radius 2 is 1.42 bits per heavy atom. The molecule has 36 heavy (non-hydrogen) atoms. The van der Waals surface area contributed by atoms with E-state index in [2.05, 4.69) is 17.9 Å². The second-order valence-electron chi connectivity index (χ2n) is 7.22. The third-order valence-corrected chi connectivity index (χ3v) is 5.03. The maximum Gasteiger partial charge on any atom is 0.573 e. The maximum atomic E-state index is 13.4. The molecule has 0 unspecified atom stereocenters. The van der Waals surface area contributed by atoms with Crippen LogP contribution in [0.25, 0.3) is 33.1 Å². The normalized spacial score (nSPS) is 11.2. The first kappa shape index (κ1) is 24.4. The fourth-order valence-electron chi connectivity index (χ4n) is 3.56. The number of carbonyl (C=O) groups is 2. The Bertz CT molecular complexity index is 1500. The summed E-state index contributed by atoms with van der Waals surface area (Å²) in [5.74, 6) is -1.84. The summed E-state index contributed by atoms with van der Waals surface area (Å²) in [6.45, 7) is 6.63. The van der Waals surface area contributed by atoms with Crippen molar-refractivity contribution in [2.75, 3.05) is 7.11 Å². The highest BCUT2D eigenvalue weighted by Crippen LogP contribution is 2.47. The molecule has 7 nitrogen and oxygen atoms in total. The Hall–Kier alpha value is -4.73. The third-order valence-electron chi connectivity index (χ3n) is 5.03. The molecule has 4 rings (SSSR count). The van der Waals surface area contributed by atoms with E-state index < -0.39 is 24.1 Å². The van der Waals surface area contributed by atoms with Crippen LogP contribution in [-0.2, 0) is 9.59 Å². The highest BCUT2D eigenvalue weighted by atomic mass is 19.4. The Morgan fingerprint density at radius 3 is 2.00 bits per heavy atom. The van der Waals surface area contributed by atoms with Crippen molar-refractivity contribution in [1.29, 1.82) is 0 Å². The maximum absolute atomic E-state index is 13.4. The van der Waals surface area contributed by atoms with Crippen LogP contribution in [0.4, 0.5) is 13.2 Å². The van der Waals surface area contributed by atoms with Crippen LogP contribution in [0.1, 0.15) is 0 Å². The number of esters is 2. The monoisotopic (exact) mass is 498 g/mol. The van der Waals surface area contributed by atoms with Crippen LogP contribution >= 0.6 is 0 Å². The van der Waals surface area contributed by atoms with Crippen molar-refractivity contribution in [3.63, 3.8) is 0 Å². The summed E-state index contributed by atoms with van der Waals surface area (Å²) in [5.41, 5.74) is 0.255. The molecule has 0 saturated heterocycles. The van der Waals surface area contributed by atoms with E-state index in [-0.39, 0.29) is 34.0 Å². The molecule has 0 aliphatic carbocycles. The van der Waals surface area contributed by atoms with Crippen molar-refractivity contribution in [2.45, 2.75) is 6.36 Å². The first-order valence-corrected chi connectivity index (χ1v) is 10.3. The molecule has 0 spiro atoms. The van der Waals surface area contributed by atoms with Gasteiger partial charge in [-0.3, -0.25) is 0 Å². The van der Waals surface area contributed by atoms with Crippen LogP contribution in [0.15, 0.2) is 78.3 Å². The lowest BCUT2D eigenvalue weighted by Crippen LogP contribution is -2.17. The first-order chi connectivity index (χ1) is 17.1. The summed E-state index contributed by atoms with van der Waals surface area (Å²) < 4.78 is 66.0. The molecular formula is C26H17F3O7. The summed E-state index contributed by atoms with van der Waals surface area (Å²) in [5, 5.41) is 0.718. The van der Waals surface area contributed by atoms with Crippen LogP contribution in [-0.4, -0.2) is 25.4 Å². The number of halogens is 3. The summed E-state index contributed by atoms with van der Waals surface area (Å²) in [6, 6.07) is 11.7. The molecule has 1 heterocycles. The lowest BCUT2D eigenvalue weighted by atomic mass is 10.0. The van der Waals surface area contributed by atoms with Crippen molar-refractivity contribution < 1.29 is 46.1 Å². The van der Waals surface area contributed by atoms with Crippen molar-refractivity contribution in [3.8, 4) is 34.1 Å². The predicted molar refractivity (Wildman–Crippen MR) is 124 cm³/mol. The molecule has 10 heteroatoms. The van der Waals surface area contributed by atoms with Gasteiger partial charge in [-0.15, -0.1) is 13.2 Å². The van der Waals surface area contributed by atoms with Crippen molar-refractivity contribution in [1.82, 2.24) is 0 Å². The topological polar surface area (TPSA) is 84.2 Å². The minimum absolute atomic E-state index is 0.00266. The second kappa shape index (κ2) is 9.49. The van der Waals surface area contributed by atoms with Gasteiger partial charge in [0.15, 0.2) is 22.7 Å². The average Bonchev–Trinajstić information content (AvgIpc) is 3.23. The molecule has 3 aromatic carbocycles. The smallest absolute Gasteiger partial charge is 0.490 e. The highest BCUT2D eigenvalue weighted by Gasteiger charge is 2.34.